The van der Waals surface area contributed by atoms with Crippen LogP contribution in [0.3, 0.4) is 0 Å². The SMILES string of the molecule is FC1(F)CCC(OC2=CC[CH]C=C2C2CCC2)CC1. The Balaban J connectivity index is 1.59. The molecule has 0 saturated heterocycles. The average Bonchev–Trinajstić information content (AvgIpc) is 2.32. The first-order valence-corrected chi connectivity index (χ1v) is 7.42. The van der Waals surface area contributed by atoms with Gasteiger partial charge in [-0.3, -0.25) is 0 Å². The molecule has 0 bridgehead atoms. The van der Waals surface area contributed by atoms with Crippen LogP contribution in [0.1, 0.15) is 51.4 Å². The van der Waals surface area contributed by atoms with E-state index >= 15 is 0 Å². The molecule has 105 valence electrons. The van der Waals surface area contributed by atoms with E-state index in [1.807, 2.05) is 0 Å². The first-order chi connectivity index (χ1) is 9.14. The topological polar surface area (TPSA) is 9.23 Å². The van der Waals surface area contributed by atoms with E-state index in [1.54, 1.807) is 0 Å². The summed E-state index contributed by atoms with van der Waals surface area (Å²) < 4.78 is 32.3. The highest BCUT2D eigenvalue weighted by Gasteiger charge is 2.36. The summed E-state index contributed by atoms with van der Waals surface area (Å²) >= 11 is 0. The summed E-state index contributed by atoms with van der Waals surface area (Å²) in [6, 6.07) is 0. The molecule has 3 heteroatoms. The van der Waals surface area contributed by atoms with Crippen molar-refractivity contribution in [2.24, 2.45) is 5.92 Å². The first kappa shape index (κ1) is 13.1. The van der Waals surface area contributed by atoms with Crippen molar-refractivity contribution in [2.75, 3.05) is 0 Å². The highest BCUT2D eigenvalue weighted by molar-refractivity contribution is 5.36. The Kier molecular flexibility index (Phi) is 3.64. The van der Waals surface area contributed by atoms with Crippen LogP contribution in [0.4, 0.5) is 8.78 Å². The summed E-state index contributed by atoms with van der Waals surface area (Å²) in [5, 5.41) is 0. The largest absolute Gasteiger partial charge is 0.490 e. The molecule has 0 aliphatic heterocycles. The van der Waals surface area contributed by atoms with Crippen LogP contribution in [0.25, 0.3) is 0 Å². The maximum absolute atomic E-state index is 13.1. The van der Waals surface area contributed by atoms with Gasteiger partial charge in [-0.25, -0.2) is 8.78 Å². The van der Waals surface area contributed by atoms with Gasteiger partial charge in [0, 0.05) is 12.8 Å². The number of allylic oxidation sites excluding steroid dienone is 3. The van der Waals surface area contributed by atoms with Gasteiger partial charge in [-0.05, 0) is 56.1 Å². The van der Waals surface area contributed by atoms with E-state index in [0.717, 1.165) is 12.2 Å². The molecule has 1 radical (unpaired) electrons. The second-order valence-corrected chi connectivity index (χ2v) is 5.96. The van der Waals surface area contributed by atoms with Gasteiger partial charge >= 0.3 is 0 Å². The van der Waals surface area contributed by atoms with Gasteiger partial charge in [-0.1, -0.05) is 12.5 Å². The van der Waals surface area contributed by atoms with Gasteiger partial charge in [0.05, 0.1) is 6.10 Å². The molecule has 0 aromatic rings. The van der Waals surface area contributed by atoms with E-state index in [4.69, 9.17) is 4.74 Å². The highest BCUT2D eigenvalue weighted by atomic mass is 19.3. The molecular weight excluding hydrogens is 246 g/mol. The number of halogens is 2. The number of hydrogen-bond donors (Lipinski definition) is 0. The van der Waals surface area contributed by atoms with Gasteiger partial charge in [0.15, 0.2) is 0 Å². The summed E-state index contributed by atoms with van der Waals surface area (Å²) in [6.07, 6.45) is 12.0. The van der Waals surface area contributed by atoms with Gasteiger partial charge in [-0.2, -0.15) is 0 Å². The van der Waals surface area contributed by atoms with Gasteiger partial charge in [0.25, 0.3) is 0 Å². The van der Waals surface area contributed by atoms with Gasteiger partial charge in [-0.15, -0.1) is 0 Å². The Labute approximate surface area is 113 Å². The van der Waals surface area contributed by atoms with Crippen LogP contribution in [0.2, 0.25) is 0 Å². The van der Waals surface area contributed by atoms with E-state index in [-0.39, 0.29) is 18.9 Å². The average molecular weight is 267 g/mol. The van der Waals surface area contributed by atoms with Crippen LogP contribution in [-0.4, -0.2) is 12.0 Å². The van der Waals surface area contributed by atoms with Gasteiger partial charge in [0.2, 0.25) is 5.92 Å². The number of hydrogen-bond acceptors (Lipinski definition) is 1. The van der Waals surface area contributed by atoms with E-state index in [2.05, 4.69) is 18.6 Å². The van der Waals surface area contributed by atoms with Crippen LogP contribution < -0.4 is 0 Å². The predicted molar refractivity (Wildman–Crippen MR) is 70.7 cm³/mol. The molecule has 0 spiro atoms. The lowest BCUT2D eigenvalue weighted by molar-refractivity contribution is -0.0686. The molecule has 0 heterocycles. The van der Waals surface area contributed by atoms with Gasteiger partial charge in [0.1, 0.15) is 5.76 Å². The van der Waals surface area contributed by atoms with Crippen molar-refractivity contribution in [3.8, 4) is 0 Å². The monoisotopic (exact) mass is 267 g/mol. The summed E-state index contributed by atoms with van der Waals surface area (Å²) in [5.41, 5.74) is 1.30. The van der Waals surface area contributed by atoms with Crippen LogP contribution >= 0.6 is 0 Å². The second kappa shape index (κ2) is 5.26. The molecular formula is C16H21F2O. The zero-order chi connectivity index (χ0) is 13.3. The molecule has 3 aliphatic rings. The first-order valence-electron chi connectivity index (χ1n) is 7.42. The zero-order valence-corrected chi connectivity index (χ0v) is 11.2. The Bertz CT molecular complexity index is 384. The molecule has 0 atom stereocenters. The molecule has 1 nitrogen and oxygen atoms in total. The van der Waals surface area contributed by atoms with Crippen molar-refractivity contribution in [3.05, 3.63) is 29.9 Å². The third-order valence-electron chi connectivity index (χ3n) is 4.52. The Morgan fingerprint density at radius 2 is 1.84 bits per heavy atom. The Morgan fingerprint density at radius 3 is 2.47 bits per heavy atom. The molecule has 3 rings (SSSR count). The summed E-state index contributed by atoms with van der Waals surface area (Å²) in [5.74, 6) is -0.864. The fourth-order valence-electron chi connectivity index (χ4n) is 3.05. The molecule has 0 amide bonds. The minimum absolute atomic E-state index is 0.0209. The normalized spacial score (nSPS) is 28.3. The summed E-state index contributed by atoms with van der Waals surface area (Å²) in [6.45, 7) is 0. The molecule has 0 aromatic heterocycles. The van der Waals surface area contributed by atoms with Crippen molar-refractivity contribution >= 4 is 0 Å². The van der Waals surface area contributed by atoms with Crippen LogP contribution in [0, 0.1) is 12.3 Å². The van der Waals surface area contributed by atoms with E-state index in [0.29, 0.717) is 18.8 Å². The minimum Gasteiger partial charge on any atom is -0.490 e. The third-order valence-corrected chi connectivity index (χ3v) is 4.52. The third kappa shape index (κ3) is 3.01. The molecule has 0 unspecified atom stereocenters. The minimum atomic E-state index is -2.47. The van der Waals surface area contributed by atoms with E-state index in [1.165, 1.54) is 24.8 Å². The number of alkyl halides is 2. The standard InChI is InChI=1S/C16H21F2O/c17-16(18)10-8-13(9-11-16)19-15-7-2-1-6-14(15)12-4-3-5-12/h1,6-7,12-13H,2-5,8-11H2. The Hall–Kier alpha value is -0.860. The number of rotatable bonds is 3. The maximum atomic E-state index is 13.1. The van der Waals surface area contributed by atoms with E-state index in [9.17, 15) is 8.78 Å². The molecule has 2 fully saturated rings. The second-order valence-electron chi connectivity index (χ2n) is 5.96. The highest BCUT2D eigenvalue weighted by Crippen LogP contribution is 2.41. The van der Waals surface area contributed by atoms with Crippen molar-refractivity contribution in [2.45, 2.75) is 63.4 Å². The van der Waals surface area contributed by atoms with Crippen molar-refractivity contribution in [1.29, 1.82) is 0 Å². The fourth-order valence-corrected chi connectivity index (χ4v) is 3.05. The summed E-state index contributed by atoms with van der Waals surface area (Å²) in [7, 11) is 0. The van der Waals surface area contributed by atoms with Gasteiger partial charge < -0.3 is 4.74 Å². The smallest absolute Gasteiger partial charge is 0.248 e. The fraction of sp³-hybridized carbons (Fsp3) is 0.688. The quantitative estimate of drug-likeness (QED) is 0.713. The lowest BCUT2D eigenvalue weighted by atomic mass is 9.77. The van der Waals surface area contributed by atoms with Crippen LogP contribution in [0.15, 0.2) is 23.5 Å². The van der Waals surface area contributed by atoms with Crippen LogP contribution in [0.5, 0.6) is 0 Å². The molecule has 0 N–H and O–H groups in total. The lowest BCUT2D eigenvalue weighted by Crippen LogP contribution is -2.30. The van der Waals surface area contributed by atoms with Crippen molar-refractivity contribution in [3.63, 3.8) is 0 Å². The van der Waals surface area contributed by atoms with E-state index < -0.39 is 5.92 Å². The molecule has 0 aromatic carbocycles. The molecule has 19 heavy (non-hydrogen) atoms. The van der Waals surface area contributed by atoms with Crippen molar-refractivity contribution < 1.29 is 13.5 Å². The van der Waals surface area contributed by atoms with Crippen LogP contribution in [-0.2, 0) is 4.74 Å². The summed E-state index contributed by atoms with van der Waals surface area (Å²) in [4.78, 5) is 0. The lowest BCUT2D eigenvalue weighted by Gasteiger charge is -2.34. The maximum Gasteiger partial charge on any atom is 0.248 e. The molecule has 2 saturated carbocycles. The van der Waals surface area contributed by atoms with Crippen molar-refractivity contribution in [1.82, 2.24) is 0 Å². The molecule has 3 aliphatic carbocycles. The predicted octanol–water partition coefficient (Wildman–Crippen LogP) is 4.80. The number of ether oxygens (including phenoxy) is 1. The Morgan fingerprint density at radius 1 is 1.11 bits per heavy atom. The zero-order valence-electron chi connectivity index (χ0n) is 11.2.